The van der Waals surface area contributed by atoms with Crippen LogP contribution in [-0.2, 0) is 24.8 Å². The molecule has 1 aliphatic rings. The van der Waals surface area contributed by atoms with Gasteiger partial charge in [-0.15, -0.1) is 0 Å². The molecule has 0 unspecified atom stereocenters. The van der Waals surface area contributed by atoms with Gasteiger partial charge < -0.3 is 9.47 Å². The van der Waals surface area contributed by atoms with Gasteiger partial charge in [-0.2, -0.15) is 0 Å². The molecule has 0 bridgehead atoms. The number of hydrogen-bond acceptors (Lipinski definition) is 7. The highest BCUT2D eigenvalue weighted by Gasteiger charge is 2.37. The number of halogens is 1. The highest BCUT2D eigenvalue weighted by molar-refractivity contribution is 7.94. The number of nitrogens with one attached hydrogen (secondary N) is 1. The maximum atomic E-state index is 13.0. The van der Waals surface area contributed by atoms with Gasteiger partial charge in [0, 0.05) is 11.4 Å². The first kappa shape index (κ1) is 21.2. The maximum absolute atomic E-state index is 13.0. The van der Waals surface area contributed by atoms with E-state index in [0.717, 1.165) is 6.07 Å². The fourth-order valence-electron chi connectivity index (χ4n) is 2.83. The highest BCUT2D eigenvalue weighted by Crippen LogP contribution is 2.35. The highest BCUT2D eigenvalue weighted by atomic mass is 35.5. The van der Waals surface area contributed by atoms with E-state index in [1.807, 2.05) is 0 Å². The number of sulfonamides is 2. The molecule has 0 spiro atoms. The molecule has 0 saturated carbocycles. The average molecular weight is 461 g/mol. The molecule has 156 valence electrons. The van der Waals surface area contributed by atoms with E-state index < -0.39 is 26.0 Å². The molecule has 2 aromatic carbocycles. The number of ether oxygens (including phenoxy) is 2. The van der Waals surface area contributed by atoms with Gasteiger partial charge in [0.15, 0.2) is 0 Å². The predicted octanol–water partition coefficient (Wildman–Crippen LogP) is 2.22. The van der Waals surface area contributed by atoms with Gasteiger partial charge in [-0.05, 0) is 36.4 Å². The topological polar surface area (TPSA) is 119 Å². The van der Waals surface area contributed by atoms with Crippen LogP contribution in [0, 0.1) is 0 Å². The number of carbonyl (C=O) groups excluding carboxylic acids is 1. The fraction of sp³-hybridized carbons (Fsp3) is 0.235. The second kappa shape index (κ2) is 7.73. The Balaban J connectivity index is 2.09. The molecule has 1 N–H and O–H groups in total. The van der Waals surface area contributed by atoms with Gasteiger partial charge >= 0.3 is 0 Å². The van der Waals surface area contributed by atoms with Crippen molar-refractivity contribution >= 4 is 48.9 Å². The van der Waals surface area contributed by atoms with Crippen molar-refractivity contribution in [2.75, 3.05) is 29.0 Å². The van der Waals surface area contributed by atoms with E-state index in [-0.39, 0.29) is 45.0 Å². The molecule has 1 amide bonds. The van der Waals surface area contributed by atoms with Crippen LogP contribution in [0.4, 0.5) is 11.4 Å². The molecular formula is C17H17ClN2O7S2. The van der Waals surface area contributed by atoms with Gasteiger partial charge in [-0.1, -0.05) is 11.6 Å². The van der Waals surface area contributed by atoms with E-state index in [1.54, 1.807) is 0 Å². The molecule has 12 heteroatoms. The van der Waals surface area contributed by atoms with E-state index >= 15 is 0 Å². The Morgan fingerprint density at radius 3 is 2.31 bits per heavy atom. The Kier molecular flexibility index (Phi) is 5.65. The Morgan fingerprint density at radius 2 is 1.72 bits per heavy atom. The smallest absolute Gasteiger partial charge is 0.265 e. The zero-order valence-electron chi connectivity index (χ0n) is 15.4. The first-order valence-corrected chi connectivity index (χ1v) is 11.7. The summed E-state index contributed by atoms with van der Waals surface area (Å²) < 4.78 is 63.6. The fourth-order valence-corrected chi connectivity index (χ4v) is 5.70. The molecular weight excluding hydrogens is 444 g/mol. The van der Waals surface area contributed by atoms with Crippen molar-refractivity contribution in [1.29, 1.82) is 0 Å². The number of rotatable bonds is 6. The van der Waals surface area contributed by atoms with Gasteiger partial charge in [-0.3, -0.25) is 9.52 Å². The third-order valence-electron chi connectivity index (χ3n) is 4.16. The summed E-state index contributed by atoms with van der Waals surface area (Å²) in [5, 5.41) is 0.276. The maximum Gasteiger partial charge on any atom is 0.265 e. The molecule has 2 aromatic rings. The third kappa shape index (κ3) is 4.11. The predicted molar refractivity (Wildman–Crippen MR) is 108 cm³/mol. The van der Waals surface area contributed by atoms with Crippen molar-refractivity contribution in [3.8, 4) is 11.5 Å². The summed E-state index contributed by atoms with van der Waals surface area (Å²) in [5.74, 6) is -0.780. The molecule has 0 atom stereocenters. The number of anilines is 2. The van der Waals surface area contributed by atoms with Crippen molar-refractivity contribution in [3.63, 3.8) is 0 Å². The molecule has 29 heavy (non-hydrogen) atoms. The Morgan fingerprint density at radius 1 is 1.07 bits per heavy atom. The minimum Gasteiger partial charge on any atom is -0.495 e. The standard InChI is InChI=1S/C17H17ClN2O7S2/c1-26-14-5-3-11(18)9-13(14)19-29(24,25)16-10-12(4-6-15(16)27-2)20-17(21)7-8-28(20,22)23/h3-6,9-10,19H,7-8H2,1-2H3. The lowest BCUT2D eigenvalue weighted by Gasteiger charge is -2.18. The van der Waals surface area contributed by atoms with Crippen molar-refractivity contribution in [2.45, 2.75) is 11.3 Å². The number of hydrogen-bond donors (Lipinski definition) is 1. The van der Waals surface area contributed by atoms with Gasteiger partial charge in [0.2, 0.25) is 15.9 Å². The quantitative estimate of drug-likeness (QED) is 0.701. The molecule has 1 saturated heterocycles. The summed E-state index contributed by atoms with van der Waals surface area (Å²) in [5.41, 5.74) is -0.0101. The van der Waals surface area contributed by atoms with Gasteiger partial charge in [0.1, 0.15) is 16.4 Å². The molecule has 1 fully saturated rings. The van der Waals surface area contributed by atoms with Crippen molar-refractivity contribution in [1.82, 2.24) is 0 Å². The Labute approximate surface area is 173 Å². The van der Waals surface area contributed by atoms with Crippen LogP contribution in [0.5, 0.6) is 11.5 Å². The van der Waals surface area contributed by atoms with E-state index in [0.29, 0.717) is 4.31 Å². The zero-order chi connectivity index (χ0) is 21.4. The number of methoxy groups -OCH3 is 2. The van der Waals surface area contributed by atoms with Crippen molar-refractivity contribution in [3.05, 3.63) is 41.4 Å². The van der Waals surface area contributed by atoms with E-state index in [1.165, 1.54) is 44.6 Å². The van der Waals surface area contributed by atoms with Crippen LogP contribution in [0.25, 0.3) is 0 Å². The molecule has 3 rings (SSSR count). The largest absolute Gasteiger partial charge is 0.495 e. The molecule has 0 aromatic heterocycles. The van der Waals surface area contributed by atoms with E-state index in [2.05, 4.69) is 4.72 Å². The van der Waals surface area contributed by atoms with Crippen LogP contribution in [-0.4, -0.2) is 42.7 Å². The summed E-state index contributed by atoms with van der Waals surface area (Å²) in [4.78, 5) is 11.7. The number of nitrogens with zero attached hydrogens (tertiary/aromatic N) is 1. The molecule has 1 heterocycles. The van der Waals surface area contributed by atoms with E-state index in [9.17, 15) is 21.6 Å². The van der Waals surface area contributed by atoms with Crippen molar-refractivity contribution < 1.29 is 31.1 Å². The van der Waals surface area contributed by atoms with E-state index in [4.69, 9.17) is 21.1 Å². The van der Waals surface area contributed by atoms with Gasteiger partial charge in [0.25, 0.3) is 10.0 Å². The zero-order valence-corrected chi connectivity index (χ0v) is 17.8. The Bertz CT molecular complexity index is 1180. The number of benzene rings is 2. The molecule has 1 aliphatic heterocycles. The average Bonchev–Trinajstić information content (AvgIpc) is 2.93. The summed E-state index contributed by atoms with van der Waals surface area (Å²) in [7, 11) is -5.48. The lowest BCUT2D eigenvalue weighted by Crippen LogP contribution is -2.29. The van der Waals surface area contributed by atoms with Crippen LogP contribution in [0.1, 0.15) is 6.42 Å². The second-order valence-electron chi connectivity index (χ2n) is 6.01. The summed E-state index contributed by atoms with van der Waals surface area (Å²) in [6, 6.07) is 8.03. The van der Waals surface area contributed by atoms with Crippen molar-refractivity contribution in [2.24, 2.45) is 0 Å². The minimum atomic E-state index is -4.26. The number of amides is 1. The lowest BCUT2D eigenvalue weighted by atomic mass is 10.3. The molecule has 0 aliphatic carbocycles. The SMILES string of the molecule is COc1ccc(Cl)cc1NS(=O)(=O)c1cc(N2C(=O)CCS2(=O)=O)ccc1OC. The Hall–Kier alpha value is -2.50. The van der Waals surface area contributed by atoms with Gasteiger partial charge in [0.05, 0.1) is 31.3 Å². The van der Waals surface area contributed by atoms with Crippen LogP contribution in [0.15, 0.2) is 41.3 Å². The monoisotopic (exact) mass is 460 g/mol. The van der Waals surface area contributed by atoms with Crippen LogP contribution in [0.2, 0.25) is 5.02 Å². The summed E-state index contributed by atoms with van der Waals surface area (Å²) >= 11 is 5.94. The molecule has 0 radical (unpaired) electrons. The van der Waals surface area contributed by atoms with Crippen LogP contribution < -0.4 is 18.5 Å². The first-order chi connectivity index (χ1) is 13.6. The summed E-state index contributed by atoms with van der Waals surface area (Å²) in [6.07, 6.45) is -0.172. The van der Waals surface area contributed by atoms with Gasteiger partial charge in [-0.25, -0.2) is 21.1 Å². The minimum absolute atomic E-state index is 0.0358. The lowest BCUT2D eigenvalue weighted by molar-refractivity contribution is -0.116. The number of carbonyl (C=O) groups is 1. The normalized spacial score (nSPS) is 16.0. The molecule has 9 nitrogen and oxygen atoms in total. The first-order valence-electron chi connectivity index (χ1n) is 8.19. The second-order valence-corrected chi connectivity index (χ2v) is 10.0. The summed E-state index contributed by atoms with van der Waals surface area (Å²) in [6.45, 7) is 0. The van der Waals surface area contributed by atoms with Crippen LogP contribution in [0.3, 0.4) is 0 Å². The van der Waals surface area contributed by atoms with Crippen LogP contribution >= 0.6 is 11.6 Å². The third-order valence-corrected chi connectivity index (χ3v) is 7.47.